The lowest BCUT2D eigenvalue weighted by molar-refractivity contribution is 0.0635. The average Bonchev–Trinajstić information content (AvgIpc) is 2.54. The molecule has 2 heterocycles. The largest absolute Gasteiger partial charge is 0.444 e. The van der Waals surface area contributed by atoms with Gasteiger partial charge in [-0.2, -0.15) is 0 Å². The summed E-state index contributed by atoms with van der Waals surface area (Å²) in [6.45, 7) is 5.40. The number of pyridine rings is 2. The van der Waals surface area contributed by atoms with Gasteiger partial charge in [0.25, 0.3) is 0 Å². The molecule has 1 amide bonds. The highest BCUT2D eigenvalue weighted by molar-refractivity contribution is 6.31. The van der Waals surface area contributed by atoms with Crippen molar-refractivity contribution in [1.82, 2.24) is 9.97 Å². The number of hydrogen-bond acceptors (Lipinski definition) is 5. The van der Waals surface area contributed by atoms with Crippen molar-refractivity contribution in [3.8, 4) is 0 Å². The van der Waals surface area contributed by atoms with Gasteiger partial charge in [0.2, 0.25) is 0 Å². The molecule has 3 aromatic rings. The highest BCUT2D eigenvalue weighted by Gasteiger charge is 2.16. The Kier molecular flexibility index (Phi) is 4.95. The van der Waals surface area contributed by atoms with Crippen LogP contribution in [-0.2, 0) is 4.74 Å². The molecule has 0 bridgehead atoms. The fourth-order valence-corrected chi connectivity index (χ4v) is 2.53. The van der Waals surface area contributed by atoms with Gasteiger partial charge in [-0.05, 0) is 50.4 Å². The first-order valence-corrected chi connectivity index (χ1v) is 8.45. The number of aromatic nitrogens is 2. The summed E-state index contributed by atoms with van der Waals surface area (Å²) in [5.74, 6) is 1.04. The van der Waals surface area contributed by atoms with Crippen molar-refractivity contribution in [2.45, 2.75) is 26.4 Å². The molecule has 0 aliphatic rings. The van der Waals surface area contributed by atoms with Crippen molar-refractivity contribution in [2.24, 2.45) is 0 Å². The first-order valence-electron chi connectivity index (χ1n) is 8.07. The van der Waals surface area contributed by atoms with E-state index in [0.717, 1.165) is 16.5 Å². The van der Waals surface area contributed by atoms with Crippen LogP contribution in [0.1, 0.15) is 20.8 Å². The summed E-state index contributed by atoms with van der Waals surface area (Å²) in [6.07, 6.45) is 2.75. The first-order chi connectivity index (χ1) is 12.3. The van der Waals surface area contributed by atoms with Crippen molar-refractivity contribution in [3.63, 3.8) is 0 Å². The molecular weight excluding hydrogens is 352 g/mol. The number of carbonyl (C=O) groups excluding carboxylic acids is 1. The summed E-state index contributed by atoms with van der Waals surface area (Å²) in [7, 11) is 0. The molecule has 0 unspecified atom stereocenters. The second kappa shape index (κ2) is 7.17. The maximum atomic E-state index is 11.9. The molecule has 0 fully saturated rings. The van der Waals surface area contributed by atoms with Gasteiger partial charge >= 0.3 is 6.09 Å². The summed E-state index contributed by atoms with van der Waals surface area (Å²) < 4.78 is 5.23. The first kappa shape index (κ1) is 17.9. The number of hydrogen-bond donors (Lipinski definition) is 2. The molecule has 0 aliphatic carbocycles. The van der Waals surface area contributed by atoms with Crippen LogP contribution in [0.15, 0.2) is 48.8 Å². The Hall–Kier alpha value is -2.86. The summed E-state index contributed by atoms with van der Waals surface area (Å²) in [6, 6.07) is 11.0. The van der Waals surface area contributed by atoms with Crippen LogP contribution in [-0.4, -0.2) is 21.7 Å². The van der Waals surface area contributed by atoms with Gasteiger partial charge in [-0.1, -0.05) is 17.7 Å². The van der Waals surface area contributed by atoms with Crippen molar-refractivity contribution >= 4 is 45.8 Å². The second-order valence-electron chi connectivity index (χ2n) is 6.71. The molecule has 2 N–H and O–H groups in total. The topological polar surface area (TPSA) is 76.1 Å². The Bertz CT molecular complexity index is 954. The number of nitrogens with one attached hydrogen (secondary N) is 2. The number of carbonyl (C=O) groups is 1. The Balaban J connectivity index is 1.81. The molecule has 0 radical (unpaired) electrons. The van der Waals surface area contributed by atoms with E-state index in [1.807, 2.05) is 24.3 Å². The highest BCUT2D eigenvalue weighted by Crippen LogP contribution is 2.27. The number of ether oxygens (including phenoxy) is 1. The maximum Gasteiger partial charge on any atom is 0.413 e. The molecule has 0 atom stereocenters. The van der Waals surface area contributed by atoms with Gasteiger partial charge in [0.1, 0.15) is 17.2 Å². The normalized spacial score (nSPS) is 11.2. The number of fused-ring (bicyclic) bond motifs is 1. The number of benzene rings is 1. The standard InChI is InChI=1S/C19H19ClN4O2/c1-19(2,3)26-18(25)24-16-11-14(7-9-21-16)23-17-15-10-13(20)5-4-12(15)6-8-22-17/h4-11H,1-3H3,(H2,21,22,23,24,25). The van der Waals surface area contributed by atoms with E-state index in [0.29, 0.717) is 16.7 Å². The molecule has 1 aromatic carbocycles. The lowest BCUT2D eigenvalue weighted by Crippen LogP contribution is -2.27. The molecular formula is C19H19ClN4O2. The SMILES string of the molecule is CC(C)(C)OC(=O)Nc1cc(Nc2nccc3ccc(Cl)cc23)ccn1. The van der Waals surface area contributed by atoms with Crippen LogP contribution in [0.2, 0.25) is 5.02 Å². The van der Waals surface area contributed by atoms with E-state index in [1.165, 1.54) is 0 Å². The second-order valence-corrected chi connectivity index (χ2v) is 7.14. The number of rotatable bonds is 3. The van der Waals surface area contributed by atoms with Gasteiger partial charge < -0.3 is 10.1 Å². The van der Waals surface area contributed by atoms with Gasteiger partial charge in [0.15, 0.2) is 0 Å². The third-order valence-electron chi connectivity index (χ3n) is 3.38. The van der Waals surface area contributed by atoms with Crippen LogP contribution in [0.25, 0.3) is 10.8 Å². The number of halogens is 1. The van der Waals surface area contributed by atoms with E-state index in [1.54, 1.807) is 45.3 Å². The van der Waals surface area contributed by atoms with Crippen LogP contribution < -0.4 is 10.6 Å². The molecule has 26 heavy (non-hydrogen) atoms. The smallest absolute Gasteiger partial charge is 0.413 e. The number of anilines is 3. The van der Waals surface area contributed by atoms with Gasteiger partial charge in [-0.25, -0.2) is 14.8 Å². The van der Waals surface area contributed by atoms with E-state index < -0.39 is 11.7 Å². The number of nitrogens with zero attached hydrogens (tertiary/aromatic N) is 2. The minimum Gasteiger partial charge on any atom is -0.444 e. The van der Waals surface area contributed by atoms with Gasteiger partial charge in [-0.3, -0.25) is 5.32 Å². The van der Waals surface area contributed by atoms with Crippen LogP contribution in [0, 0.1) is 0 Å². The predicted molar refractivity (Wildman–Crippen MR) is 104 cm³/mol. The Morgan fingerprint density at radius 2 is 1.85 bits per heavy atom. The summed E-state index contributed by atoms with van der Waals surface area (Å²) in [4.78, 5) is 20.4. The Morgan fingerprint density at radius 3 is 2.62 bits per heavy atom. The van der Waals surface area contributed by atoms with E-state index in [4.69, 9.17) is 16.3 Å². The lowest BCUT2D eigenvalue weighted by Gasteiger charge is -2.19. The quantitative estimate of drug-likeness (QED) is 0.647. The van der Waals surface area contributed by atoms with Gasteiger partial charge in [0, 0.05) is 34.6 Å². The zero-order valence-corrected chi connectivity index (χ0v) is 15.5. The molecule has 0 spiro atoms. The average molecular weight is 371 g/mol. The monoisotopic (exact) mass is 370 g/mol. The zero-order chi connectivity index (χ0) is 18.7. The van der Waals surface area contributed by atoms with E-state index >= 15 is 0 Å². The summed E-state index contributed by atoms with van der Waals surface area (Å²) in [5.41, 5.74) is 0.151. The molecule has 7 heteroatoms. The molecule has 134 valence electrons. The van der Waals surface area contributed by atoms with Crippen LogP contribution in [0.5, 0.6) is 0 Å². The minimum atomic E-state index is -0.577. The molecule has 0 saturated carbocycles. The maximum absolute atomic E-state index is 11.9. The van der Waals surface area contributed by atoms with Crippen molar-refractivity contribution in [2.75, 3.05) is 10.6 Å². The summed E-state index contributed by atoms with van der Waals surface area (Å²) in [5, 5.41) is 8.41. The lowest BCUT2D eigenvalue weighted by atomic mass is 10.1. The number of amides is 1. The molecule has 6 nitrogen and oxygen atoms in total. The molecule has 2 aromatic heterocycles. The van der Waals surface area contributed by atoms with Crippen molar-refractivity contribution in [1.29, 1.82) is 0 Å². The van der Waals surface area contributed by atoms with Crippen LogP contribution >= 0.6 is 11.6 Å². The van der Waals surface area contributed by atoms with Crippen molar-refractivity contribution < 1.29 is 9.53 Å². The molecule has 0 saturated heterocycles. The predicted octanol–water partition coefficient (Wildman–Crippen LogP) is 5.37. The van der Waals surface area contributed by atoms with Crippen molar-refractivity contribution in [3.05, 3.63) is 53.8 Å². The van der Waals surface area contributed by atoms with Crippen LogP contribution in [0.4, 0.5) is 22.1 Å². The summed E-state index contributed by atoms with van der Waals surface area (Å²) >= 11 is 6.10. The van der Waals surface area contributed by atoms with E-state index in [9.17, 15) is 4.79 Å². The minimum absolute atomic E-state index is 0.377. The third-order valence-corrected chi connectivity index (χ3v) is 3.61. The Labute approximate surface area is 156 Å². The molecule has 3 rings (SSSR count). The zero-order valence-electron chi connectivity index (χ0n) is 14.7. The molecule has 0 aliphatic heterocycles. The van der Waals surface area contributed by atoms with E-state index in [2.05, 4.69) is 20.6 Å². The van der Waals surface area contributed by atoms with Gasteiger partial charge in [-0.15, -0.1) is 0 Å². The van der Waals surface area contributed by atoms with Crippen LogP contribution in [0.3, 0.4) is 0 Å². The fraction of sp³-hybridized carbons (Fsp3) is 0.211. The highest BCUT2D eigenvalue weighted by atomic mass is 35.5. The Morgan fingerprint density at radius 1 is 1.08 bits per heavy atom. The fourth-order valence-electron chi connectivity index (χ4n) is 2.36. The van der Waals surface area contributed by atoms with E-state index in [-0.39, 0.29) is 0 Å². The third kappa shape index (κ3) is 4.61. The van der Waals surface area contributed by atoms with Gasteiger partial charge in [0.05, 0.1) is 0 Å².